The molecule has 1 amide bonds. The molecule has 174 valence electrons. The van der Waals surface area contributed by atoms with Gasteiger partial charge in [0.25, 0.3) is 15.9 Å². The average Bonchev–Trinajstić information content (AvgIpc) is 2.73. The summed E-state index contributed by atoms with van der Waals surface area (Å²) in [5.74, 6) is 0.156. The van der Waals surface area contributed by atoms with Crippen LogP contribution in [0.3, 0.4) is 0 Å². The molecule has 2 aromatic carbocycles. The zero-order chi connectivity index (χ0) is 23.5. The van der Waals surface area contributed by atoms with Crippen LogP contribution < -0.4 is 14.8 Å². The lowest BCUT2D eigenvalue weighted by Crippen LogP contribution is -2.49. The number of methoxy groups -OCH3 is 1. The number of carbonyl (C=O) groups excluding carboxylic acids is 1. The highest BCUT2D eigenvalue weighted by atomic mass is 32.2. The highest BCUT2D eigenvalue weighted by Gasteiger charge is 2.27. The van der Waals surface area contributed by atoms with Gasteiger partial charge in [-0.3, -0.25) is 9.52 Å². The molecule has 11 heteroatoms. The molecule has 9 nitrogen and oxygen atoms in total. The third kappa shape index (κ3) is 5.78. The van der Waals surface area contributed by atoms with Gasteiger partial charge in [0.05, 0.1) is 18.3 Å². The molecule has 1 unspecified atom stereocenters. The number of sulfonamides is 2. The summed E-state index contributed by atoms with van der Waals surface area (Å²) in [6, 6.07) is 10.4. The first-order valence-corrected chi connectivity index (χ1v) is 13.4. The standard InChI is InChI=1S/C21H27N3O6S2/c1-15-6-11-19(32(28,29)23-16-7-9-18(30-2)10-8-16)13-20(15)21(25)22-17-5-4-12-24(14-17)31(3,26)27/h6-11,13,17,23H,4-5,12,14H2,1-3H3,(H,22,25). The van der Waals surface area contributed by atoms with E-state index >= 15 is 0 Å². The number of hydrogen-bond donors (Lipinski definition) is 2. The number of ether oxygens (including phenoxy) is 1. The zero-order valence-corrected chi connectivity index (χ0v) is 19.8. The minimum absolute atomic E-state index is 0.0505. The Hall–Kier alpha value is -2.63. The van der Waals surface area contributed by atoms with Crippen molar-refractivity contribution in [3.05, 3.63) is 53.6 Å². The van der Waals surface area contributed by atoms with E-state index in [-0.39, 0.29) is 23.0 Å². The molecule has 0 radical (unpaired) electrons. The summed E-state index contributed by atoms with van der Waals surface area (Å²) in [7, 11) is -5.75. The summed E-state index contributed by atoms with van der Waals surface area (Å²) in [5.41, 5.74) is 1.20. The molecule has 1 aliphatic heterocycles. The van der Waals surface area contributed by atoms with Crippen molar-refractivity contribution in [2.75, 3.05) is 31.2 Å². The highest BCUT2D eigenvalue weighted by molar-refractivity contribution is 7.92. The SMILES string of the molecule is COc1ccc(NS(=O)(=O)c2ccc(C)c(C(=O)NC3CCCN(S(C)(=O)=O)C3)c2)cc1. The molecule has 1 heterocycles. The monoisotopic (exact) mass is 481 g/mol. The zero-order valence-electron chi connectivity index (χ0n) is 18.2. The molecule has 1 saturated heterocycles. The number of nitrogens with one attached hydrogen (secondary N) is 2. The second-order valence-corrected chi connectivity index (χ2v) is 11.4. The minimum Gasteiger partial charge on any atom is -0.497 e. The van der Waals surface area contributed by atoms with Gasteiger partial charge in [0.15, 0.2) is 0 Å². The molecular formula is C21H27N3O6S2. The molecule has 0 spiro atoms. The molecule has 1 atom stereocenters. The van der Waals surface area contributed by atoms with Crippen LogP contribution in [0.2, 0.25) is 0 Å². The average molecular weight is 482 g/mol. The predicted molar refractivity (Wildman–Crippen MR) is 122 cm³/mol. The molecule has 0 aromatic heterocycles. The Bertz CT molecular complexity index is 1190. The van der Waals surface area contributed by atoms with E-state index in [9.17, 15) is 21.6 Å². The van der Waals surface area contributed by atoms with Crippen LogP contribution in [-0.4, -0.2) is 59.5 Å². The van der Waals surface area contributed by atoms with Crippen molar-refractivity contribution in [1.82, 2.24) is 9.62 Å². The number of benzene rings is 2. The Kier molecular flexibility index (Phi) is 7.11. The van der Waals surface area contributed by atoms with Crippen molar-refractivity contribution in [2.24, 2.45) is 0 Å². The van der Waals surface area contributed by atoms with Gasteiger partial charge in [-0.25, -0.2) is 21.1 Å². The number of nitrogens with zero attached hydrogens (tertiary/aromatic N) is 1. The van der Waals surface area contributed by atoms with Crippen LogP contribution >= 0.6 is 0 Å². The third-order valence-electron chi connectivity index (χ3n) is 5.29. The number of amides is 1. The molecule has 0 bridgehead atoms. The maximum atomic E-state index is 12.9. The van der Waals surface area contributed by atoms with Gasteiger partial charge in [-0.15, -0.1) is 0 Å². The fourth-order valence-corrected chi connectivity index (χ4v) is 5.51. The van der Waals surface area contributed by atoms with Gasteiger partial charge in [-0.2, -0.15) is 0 Å². The first-order valence-electron chi connectivity index (χ1n) is 10.0. The van der Waals surface area contributed by atoms with Gasteiger partial charge in [0.1, 0.15) is 5.75 Å². The smallest absolute Gasteiger partial charge is 0.261 e. The fraction of sp³-hybridized carbons (Fsp3) is 0.381. The first-order chi connectivity index (χ1) is 15.0. The van der Waals surface area contributed by atoms with Gasteiger partial charge in [0, 0.05) is 30.4 Å². The molecule has 2 N–H and O–H groups in total. The molecule has 1 fully saturated rings. The Balaban J connectivity index is 1.77. The van der Waals surface area contributed by atoms with Crippen LogP contribution in [0.4, 0.5) is 5.69 Å². The number of hydrogen-bond acceptors (Lipinski definition) is 6. The second kappa shape index (κ2) is 9.47. The fourth-order valence-electron chi connectivity index (χ4n) is 3.51. The van der Waals surface area contributed by atoms with E-state index in [0.29, 0.717) is 36.4 Å². The quantitative estimate of drug-likeness (QED) is 0.623. The third-order valence-corrected chi connectivity index (χ3v) is 7.94. The Morgan fingerprint density at radius 3 is 2.41 bits per heavy atom. The summed E-state index contributed by atoms with van der Waals surface area (Å²) in [4.78, 5) is 12.8. The normalized spacial score (nSPS) is 17.5. The summed E-state index contributed by atoms with van der Waals surface area (Å²) in [6.07, 6.45) is 2.43. The summed E-state index contributed by atoms with van der Waals surface area (Å²) in [6.45, 7) is 2.33. The van der Waals surface area contributed by atoms with E-state index < -0.39 is 26.0 Å². The van der Waals surface area contributed by atoms with E-state index in [4.69, 9.17) is 4.74 Å². The largest absolute Gasteiger partial charge is 0.497 e. The first kappa shape index (κ1) is 24.0. The lowest BCUT2D eigenvalue weighted by molar-refractivity contribution is 0.0920. The minimum atomic E-state index is -3.93. The van der Waals surface area contributed by atoms with Crippen molar-refractivity contribution in [3.63, 3.8) is 0 Å². The second-order valence-electron chi connectivity index (χ2n) is 7.74. The molecule has 1 aliphatic rings. The maximum absolute atomic E-state index is 12.9. The highest BCUT2D eigenvalue weighted by Crippen LogP contribution is 2.22. The number of anilines is 1. The van der Waals surface area contributed by atoms with Crippen LogP contribution in [0, 0.1) is 6.92 Å². The molecule has 3 rings (SSSR count). The van der Waals surface area contributed by atoms with E-state index in [1.54, 1.807) is 37.3 Å². The van der Waals surface area contributed by atoms with E-state index in [2.05, 4.69) is 10.0 Å². The summed E-state index contributed by atoms with van der Waals surface area (Å²) < 4.78 is 58.2. The number of piperidine rings is 1. The topological polar surface area (TPSA) is 122 Å². The van der Waals surface area contributed by atoms with E-state index in [1.807, 2.05) is 0 Å². The van der Waals surface area contributed by atoms with Crippen molar-refractivity contribution in [3.8, 4) is 5.75 Å². The van der Waals surface area contributed by atoms with E-state index in [0.717, 1.165) is 6.26 Å². The Morgan fingerprint density at radius 2 is 1.78 bits per heavy atom. The van der Waals surface area contributed by atoms with Gasteiger partial charge in [0.2, 0.25) is 10.0 Å². The van der Waals surface area contributed by atoms with Crippen LogP contribution in [-0.2, 0) is 20.0 Å². The predicted octanol–water partition coefficient (Wildman–Crippen LogP) is 1.96. The van der Waals surface area contributed by atoms with Crippen LogP contribution in [0.1, 0.15) is 28.8 Å². The van der Waals surface area contributed by atoms with Gasteiger partial charge in [-0.05, 0) is 61.7 Å². The summed E-state index contributed by atoms with van der Waals surface area (Å²) in [5, 5.41) is 2.84. The van der Waals surface area contributed by atoms with Crippen molar-refractivity contribution >= 4 is 31.6 Å². The molecule has 32 heavy (non-hydrogen) atoms. The maximum Gasteiger partial charge on any atom is 0.261 e. The molecule has 0 saturated carbocycles. The van der Waals surface area contributed by atoms with Crippen LogP contribution in [0.25, 0.3) is 0 Å². The van der Waals surface area contributed by atoms with Crippen molar-refractivity contribution < 1.29 is 26.4 Å². The lowest BCUT2D eigenvalue weighted by atomic mass is 10.0. The van der Waals surface area contributed by atoms with Crippen LogP contribution in [0.5, 0.6) is 5.75 Å². The van der Waals surface area contributed by atoms with Gasteiger partial charge < -0.3 is 10.1 Å². The molecule has 2 aromatic rings. The Morgan fingerprint density at radius 1 is 1.09 bits per heavy atom. The number of rotatable bonds is 7. The van der Waals surface area contributed by atoms with Gasteiger partial charge in [-0.1, -0.05) is 6.07 Å². The van der Waals surface area contributed by atoms with Crippen molar-refractivity contribution in [2.45, 2.75) is 30.7 Å². The molecule has 0 aliphatic carbocycles. The van der Waals surface area contributed by atoms with Gasteiger partial charge >= 0.3 is 0 Å². The summed E-state index contributed by atoms with van der Waals surface area (Å²) >= 11 is 0. The lowest BCUT2D eigenvalue weighted by Gasteiger charge is -2.31. The molecular weight excluding hydrogens is 454 g/mol. The number of carbonyl (C=O) groups is 1. The van der Waals surface area contributed by atoms with Crippen LogP contribution in [0.15, 0.2) is 47.4 Å². The van der Waals surface area contributed by atoms with E-state index in [1.165, 1.54) is 23.5 Å². The van der Waals surface area contributed by atoms with Crippen molar-refractivity contribution in [1.29, 1.82) is 0 Å². The number of aryl methyl sites for hydroxylation is 1. The Labute approximate surface area is 188 Å².